The van der Waals surface area contributed by atoms with Gasteiger partial charge in [0, 0.05) is 18.1 Å². The van der Waals surface area contributed by atoms with E-state index < -0.39 is 0 Å². The van der Waals surface area contributed by atoms with E-state index in [1.807, 2.05) is 59.5 Å². The molecule has 2 aromatic carbocycles. The highest BCUT2D eigenvalue weighted by Gasteiger charge is 2.42. The first-order valence-corrected chi connectivity index (χ1v) is 8.61. The van der Waals surface area contributed by atoms with E-state index in [2.05, 4.69) is 13.8 Å². The molecule has 0 aliphatic heterocycles. The fourth-order valence-corrected chi connectivity index (χ4v) is 3.74. The van der Waals surface area contributed by atoms with E-state index in [0.29, 0.717) is 28.4 Å². The van der Waals surface area contributed by atoms with Crippen molar-refractivity contribution in [1.82, 2.24) is 4.57 Å². The van der Waals surface area contributed by atoms with Crippen LogP contribution >= 0.6 is 0 Å². The van der Waals surface area contributed by atoms with Gasteiger partial charge in [0.25, 0.3) is 5.82 Å². The van der Waals surface area contributed by atoms with Crippen LogP contribution in [0.1, 0.15) is 51.8 Å². The zero-order valence-corrected chi connectivity index (χ0v) is 15.0. The van der Waals surface area contributed by atoms with Gasteiger partial charge in [-0.2, -0.15) is 0 Å². The molecule has 1 aliphatic rings. The lowest BCUT2D eigenvalue weighted by molar-refractivity contribution is -0.679. The van der Waals surface area contributed by atoms with Crippen molar-refractivity contribution >= 4 is 22.3 Å². The molecule has 0 N–H and O–H groups in total. The molecule has 25 heavy (non-hydrogen) atoms. The SMILES string of the molecule is Cc1n(CC(C)C)c2c([n+]1C)C(=O)c1cc3ccccc3cc1C2=O. The summed E-state index contributed by atoms with van der Waals surface area (Å²) < 4.78 is 3.86. The van der Waals surface area contributed by atoms with Crippen LogP contribution in [0, 0.1) is 12.8 Å². The van der Waals surface area contributed by atoms with Crippen LogP contribution in [0.2, 0.25) is 0 Å². The van der Waals surface area contributed by atoms with Gasteiger partial charge in [0.15, 0.2) is 0 Å². The van der Waals surface area contributed by atoms with Crippen LogP contribution < -0.4 is 4.57 Å². The zero-order chi connectivity index (χ0) is 17.9. The summed E-state index contributed by atoms with van der Waals surface area (Å²) in [7, 11) is 1.86. The quantitative estimate of drug-likeness (QED) is 0.529. The van der Waals surface area contributed by atoms with Crippen molar-refractivity contribution < 1.29 is 14.2 Å². The smallest absolute Gasteiger partial charge is 0.254 e. The number of carbonyl (C=O) groups is 2. The molecule has 126 valence electrons. The highest BCUT2D eigenvalue weighted by molar-refractivity contribution is 6.27. The maximum absolute atomic E-state index is 13.3. The second-order valence-electron chi connectivity index (χ2n) is 7.21. The third-order valence-corrected chi connectivity index (χ3v) is 5.06. The number of benzene rings is 2. The minimum atomic E-state index is -0.0662. The van der Waals surface area contributed by atoms with Crippen molar-refractivity contribution in [3.8, 4) is 0 Å². The number of imidazole rings is 1. The third-order valence-electron chi connectivity index (χ3n) is 5.06. The van der Waals surface area contributed by atoms with Gasteiger partial charge in [-0.05, 0) is 28.8 Å². The Labute approximate surface area is 146 Å². The molecule has 0 spiro atoms. The van der Waals surface area contributed by atoms with Crippen molar-refractivity contribution in [3.05, 3.63) is 64.7 Å². The first-order valence-electron chi connectivity index (χ1n) is 8.61. The minimum Gasteiger partial charge on any atom is -0.284 e. The Bertz CT molecular complexity index is 1060. The fraction of sp³-hybridized carbons (Fsp3) is 0.286. The minimum absolute atomic E-state index is 0.0558. The molecule has 0 atom stereocenters. The molecule has 4 heteroatoms. The molecule has 0 fully saturated rings. The number of aromatic nitrogens is 2. The van der Waals surface area contributed by atoms with E-state index in [0.717, 1.165) is 23.1 Å². The standard InChI is InChI=1S/C21H21N2O2/c1-12(2)11-23-13(3)22(4)18-19(23)21(25)17-10-15-8-6-5-7-14(15)9-16(17)20(18)24/h5-10,12H,11H2,1-4H3/q+1. The highest BCUT2D eigenvalue weighted by Crippen LogP contribution is 2.30. The van der Waals surface area contributed by atoms with Crippen molar-refractivity contribution in [3.63, 3.8) is 0 Å². The lowest BCUT2D eigenvalue weighted by atomic mass is 9.87. The van der Waals surface area contributed by atoms with Crippen molar-refractivity contribution in [2.75, 3.05) is 0 Å². The van der Waals surface area contributed by atoms with E-state index >= 15 is 0 Å². The van der Waals surface area contributed by atoms with Crippen LogP contribution in [-0.2, 0) is 13.6 Å². The molecule has 4 nitrogen and oxygen atoms in total. The Morgan fingerprint density at radius 1 is 1.00 bits per heavy atom. The predicted octanol–water partition coefficient (Wildman–Crippen LogP) is 3.21. The number of carbonyl (C=O) groups excluding carboxylic acids is 2. The van der Waals surface area contributed by atoms with E-state index in [9.17, 15) is 9.59 Å². The summed E-state index contributed by atoms with van der Waals surface area (Å²) in [5, 5.41) is 1.96. The summed E-state index contributed by atoms with van der Waals surface area (Å²) in [5.41, 5.74) is 2.06. The van der Waals surface area contributed by atoms with Crippen LogP contribution in [0.15, 0.2) is 36.4 Å². The van der Waals surface area contributed by atoms with E-state index in [-0.39, 0.29) is 11.6 Å². The molecule has 0 amide bonds. The molecule has 0 saturated carbocycles. The number of fused-ring (bicyclic) bond motifs is 3. The van der Waals surface area contributed by atoms with Gasteiger partial charge in [-0.1, -0.05) is 38.1 Å². The Morgan fingerprint density at radius 2 is 1.56 bits per heavy atom. The second-order valence-corrected chi connectivity index (χ2v) is 7.21. The number of hydrogen-bond acceptors (Lipinski definition) is 2. The summed E-state index contributed by atoms with van der Waals surface area (Å²) in [4.78, 5) is 26.5. The van der Waals surface area contributed by atoms with E-state index in [1.54, 1.807) is 0 Å². The first-order chi connectivity index (χ1) is 11.9. The Morgan fingerprint density at radius 3 is 2.12 bits per heavy atom. The normalized spacial score (nSPS) is 13.5. The highest BCUT2D eigenvalue weighted by atomic mass is 16.1. The Balaban J connectivity index is 2.02. The molecule has 0 radical (unpaired) electrons. The van der Waals surface area contributed by atoms with Gasteiger partial charge in [-0.25, -0.2) is 9.13 Å². The van der Waals surface area contributed by atoms with Crippen molar-refractivity contribution in [1.29, 1.82) is 0 Å². The van der Waals surface area contributed by atoms with E-state index in [1.165, 1.54) is 0 Å². The molecule has 0 bridgehead atoms. The summed E-state index contributed by atoms with van der Waals surface area (Å²) >= 11 is 0. The fourth-order valence-electron chi connectivity index (χ4n) is 3.74. The number of hydrogen-bond donors (Lipinski definition) is 0. The van der Waals surface area contributed by atoms with Gasteiger partial charge in [0.2, 0.25) is 23.0 Å². The van der Waals surface area contributed by atoms with Gasteiger partial charge in [-0.15, -0.1) is 0 Å². The number of ketones is 2. The Hall–Kier alpha value is -2.75. The third kappa shape index (κ3) is 2.17. The summed E-state index contributed by atoms with van der Waals surface area (Å²) in [6.45, 7) is 6.91. The van der Waals surface area contributed by atoms with Crippen molar-refractivity contribution in [2.24, 2.45) is 13.0 Å². The molecule has 0 unspecified atom stereocenters. The zero-order valence-electron chi connectivity index (χ0n) is 15.0. The number of rotatable bonds is 2. The number of nitrogens with zero attached hydrogens (tertiary/aromatic N) is 2. The Kier molecular flexibility index (Phi) is 3.39. The maximum atomic E-state index is 13.3. The van der Waals surface area contributed by atoms with Gasteiger partial charge >= 0.3 is 0 Å². The van der Waals surface area contributed by atoms with Gasteiger partial charge < -0.3 is 0 Å². The molecular weight excluding hydrogens is 312 g/mol. The van der Waals surface area contributed by atoms with Crippen LogP contribution in [0.3, 0.4) is 0 Å². The molecule has 0 saturated heterocycles. The molecular formula is C21H21N2O2+. The molecule has 3 aromatic rings. The molecule has 1 heterocycles. The maximum Gasteiger partial charge on any atom is 0.254 e. The molecule has 4 rings (SSSR count). The van der Waals surface area contributed by atoms with E-state index in [4.69, 9.17) is 0 Å². The first kappa shape index (κ1) is 15.8. The van der Waals surface area contributed by atoms with Gasteiger partial charge in [0.1, 0.15) is 0 Å². The lowest BCUT2D eigenvalue weighted by Gasteiger charge is -2.14. The monoisotopic (exact) mass is 333 g/mol. The van der Waals surface area contributed by atoms with Gasteiger partial charge in [-0.3, -0.25) is 9.59 Å². The largest absolute Gasteiger partial charge is 0.284 e. The molecule has 1 aliphatic carbocycles. The summed E-state index contributed by atoms with van der Waals surface area (Å²) in [6.07, 6.45) is 0. The van der Waals surface area contributed by atoms with Crippen molar-refractivity contribution in [2.45, 2.75) is 27.3 Å². The lowest BCUT2D eigenvalue weighted by Crippen LogP contribution is -2.39. The van der Waals surface area contributed by atoms with Gasteiger partial charge in [0.05, 0.1) is 13.6 Å². The topological polar surface area (TPSA) is 43.0 Å². The van der Waals surface area contributed by atoms with Crippen LogP contribution in [0.5, 0.6) is 0 Å². The predicted molar refractivity (Wildman–Crippen MR) is 96.0 cm³/mol. The van der Waals surface area contributed by atoms with Crippen LogP contribution in [-0.4, -0.2) is 16.1 Å². The second kappa shape index (κ2) is 5.38. The average Bonchev–Trinajstić information content (AvgIpc) is 2.83. The summed E-state index contributed by atoms with van der Waals surface area (Å²) in [5.74, 6) is 1.19. The molecule has 1 aromatic heterocycles. The van der Waals surface area contributed by atoms with Crippen LogP contribution in [0.25, 0.3) is 10.8 Å². The average molecular weight is 333 g/mol. The summed E-state index contributed by atoms with van der Waals surface area (Å²) in [6, 6.07) is 11.5. The van der Waals surface area contributed by atoms with Crippen LogP contribution in [0.4, 0.5) is 0 Å².